The Morgan fingerprint density at radius 1 is 1.14 bits per heavy atom. The number of sulfonamides is 1. The first-order chi connectivity index (χ1) is 13.8. The van der Waals surface area contributed by atoms with Crippen LogP contribution in [0.2, 0.25) is 5.15 Å². The highest BCUT2D eigenvalue weighted by Gasteiger charge is 2.24. The van der Waals surface area contributed by atoms with E-state index >= 15 is 0 Å². The molecule has 3 N–H and O–H groups in total. The van der Waals surface area contributed by atoms with Gasteiger partial charge in [-0.15, -0.1) is 0 Å². The number of primary sulfonamides is 1. The molecule has 2 heterocycles. The number of nitrogens with one attached hydrogen (secondary N) is 1. The lowest BCUT2D eigenvalue weighted by molar-refractivity contribution is -0.115. The zero-order chi connectivity index (χ0) is 20.6. The molecule has 1 fully saturated rings. The molecule has 4 rings (SSSR count). The number of benzene rings is 2. The molecule has 146 valence electrons. The van der Waals surface area contributed by atoms with Gasteiger partial charge in [0.15, 0.2) is 5.17 Å². The maximum absolute atomic E-state index is 12.3. The molecule has 3 aromatic rings. The standard InChI is InChI=1S/C19H13ClN4O3S2/c20-17-12(9-11-3-1-2-4-15(11)23-17)10-16-18(25)24-19(28-16)22-13-5-7-14(8-6-13)29(21,26)27/h1-10H,(H2,21,26,27)(H,22,24,25)/b16-10-. The van der Waals surface area contributed by atoms with Gasteiger partial charge in [0.1, 0.15) is 5.15 Å². The Kier molecular flexibility index (Phi) is 5.13. The zero-order valence-electron chi connectivity index (χ0n) is 14.7. The molecule has 0 unspecified atom stereocenters. The molecule has 0 bridgehead atoms. The van der Waals surface area contributed by atoms with Crippen LogP contribution >= 0.6 is 23.4 Å². The third-order valence-corrected chi connectivity index (χ3v) is 6.18. The number of hydrogen-bond donors (Lipinski definition) is 2. The van der Waals surface area contributed by atoms with Crippen molar-refractivity contribution in [3.63, 3.8) is 0 Å². The Morgan fingerprint density at radius 3 is 2.59 bits per heavy atom. The average Bonchev–Trinajstić information content (AvgIpc) is 3.01. The van der Waals surface area contributed by atoms with E-state index in [0.717, 1.165) is 22.7 Å². The van der Waals surface area contributed by atoms with Crippen LogP contribution in [0.25, 0.3) is 17.0 Å². The number of pyridine rings is 1. The second kappa shape index (κ2) is 7.60. The van der Waals surface area contributed by atoms with Gasteiger partial charge >= 0.3 is 0 Å². The van der Waals surface area contributed by atoms with Crippen molar-refractivity contribution in [1.29, 1.82) is 0 Å². The molecule has 1 aromatic heterocycles. The van der Waals surface area contributed by atoms with Crippen LogP contribution in [0.4, 0.5) is 5.69 Å². The van der Waals surface area contributed by atoms with Crippen molar-refractivity contribution in [1.82, 2.24) is 10.3 Å². The van der Waals surface area contributed by atoms with E-state index in [1.807, 2.05) is 30.3 Å². The van der Waals surface area contributed by atoms with Crippen molar-refractivity contribution in [3.05, 3.63) is 70.2 Å². The fraction of sp³-hybridized carbons (Fsp3) is 0. The van der Waals surface area contributed by atoms with Gasteiger partial charge in [-0.2, -0.15) is 0 Å². The summed E-state index contributed by atoms with van der Waals surface area (Å²) < 4.78 is 22.6. The second-order valence-corrected chi connectivity index (χ2v) is 9.03. The van der Waals surface area contributed by atoms with Gasteiger partial charge in [0.2, 0.25) is 10.0 Å². The van der Waals surface area contributed by atoms with Crippen molar-refractivity contribution in [3.8, 4) is 0 Å². The highest BCUT2D eigenvalue weighted by Crippen LogP contribution is 2.30. The number of aliphatic imine (C=N–C) groups is 1. The molecule has 29 heavy (non-hydrogen) atoms. The molecule has 1 aliphatic heterocycles. The van der Waals surface area contributed by atoms with Gasteiger partial charge in [-0.05, 0) is 54.2 Å². The molecular weight excluding hydrogens is 432 g/mol. The zero-order valence-corrected chi connectivity index (χ0v) is 17.1. The molecule has 1 amide bonds. The molecule has 7 nitrogen and oxygen atoms in total. The Bertz CT molecular complexity index is 1300. The third kappa shape index (κ3) is 4.33. The van der Waals surface area contributed by atoms with Crippen molar-refractivity contribution < 1.29 is 13.2 Å². The number of amides is 1. The van der Waals surface area contributed by atoms with Gasteiger partial charge in [0, 0.05) is 10.9 Å². The van der Waals surface area contributed by atoms with Crippen LogP contribution in [-0.2, 0) is 14.8 Å². The summed E-state index contributed by atoms with van der Waals surface area (Å²) in [6, 6.07) is 15.1. The summed E-state index contributed by atoms with van der Waals surface area (Å²) in [6.07, 6.45) is 1.66. The van der Waals surface area contributed by atoms with Gasteiger partial charge in [-0.1, -0.05) is 29.8 Å². The lowest BCUT2D eigenvalue weighted by Crippen LogP contribution is -2.19. The van der Waals surface area contributed by atoms with Crippen LogP contribution in [0.1, 0.15) is 5.56 Å². The van der Waals surface area contributed by atoms with E-state index in [-0.39, 0.29) is 10.8 Å². The van der Waals surface area contributed by atoms with Crippen molar-refractivity contribution in [2.75, 3.05) is 0 Å². The van der Waals surface area contributed by atoms with Crippen molar-refractivity contribution in [2.24, 2.45) is 10.1 Å². The Hall–Kier alpha value is -2.72. The molecule has 0 atom stereocenters. The number of hydrogen-bond acceptors (Lipinski definition) is 6. The summed E-state index contributed by atoms with van der Waals surface area (Å²) in [5, 5.41) is 9.33. The maximum Gasteiger partial charge on any atom is 0.264 e. The lowest BCUT2D eigenvalue weighted by atomic mass is 10.1. The lowest BCUT2D eigenvalue weighted by Gasteiger charge is -2.02. The highest BCUT2D eigenvalue weighted by atomic mass is 35.5. The summed E-state index contributed by atoms with van der Waals surface area (Å²) >= 11 is 7.41. The average molecular weight is 445 g/mol. The van der Waals surface area contributed by atoms with E-state index in [9.17, 15) is 13.2 Å². The Balaban J connectivity index is 1.61. The number of carbonyl (C=O) groups is 1. The Morgan fingerprint density at radius 2 is 1.86 bits per heavy atom. The van der Waals surface area contributed by atoms with Crippen LogP contribution in [0.3, 0.4) is 0 Å². The SMILES string of the molecule is NS(=O)(=O)c1ccc(N=C2NC(=O)/C(=C/c3cc4ccccc4nc3Cl)S2)cc1. The number of halogens is 1. The van der Waals surface area contributed by atoms with E-state index in [2.05, 4.69) is 15.3 Å². The number of rotatable bonds is 3. The second-order valence-electron chi connectivity index (χ2n) is 6.08. The van der Waals surface area contributed by atoms with Crippen molar-refractivity contribution in [2.45, 2.75) is 4.90 Å². The molecule has 1 saturated heterocycles. The van der Waals surface area contributed by atoms with Crippen LogP contribution in [0.15, 0.2) is 69.4 Å². The number of aromatic nitrogens is 1. The minimum Gasteiger partial charge on any atom is -0.300 e. The largest absolute Gasteiger partial charge is 0.300 e. The number of amidine groups is 1. The van der Waals surface area contributed by atoms with E-state index in [0.29, 0.717) is 26.5 Å². The normalized spacial score (nSPS) is 17.2. The molecule has 0 spiro atoms. The number of thioether (sulfide) groups is 1. The third-order valence-electron chi connectivity index (χ3n) is 4.04. The quantitative estimate of drug-likeness (QED) is 0.474. The molecule has 0 saturated carbocycles. The fourth-order valence-electron chi connectivity index (χ4n) is 2.66. The van der Waals surface area contributed by atoms with E-state index < -0.39 is 10.0 Å². The molecule has 0 aliphatic carbocycles. The molecule has 1 aliphatic rings. The number of para-hydroxylation sites is 1. The van der Waals surface area contributed by atoms with Gasteiger partial charge in [-0.25, -0.2) is 23.5 Å². The predicted molar refractivity (Wildman–Crippen MR) is 115 cm³/mol. The maximum atomic E-state index is 12.3. The summed E-state index contributed by atoms with van der Waals surface area (Å²) in [6.45, 7) is 0. The van der Waals surface area contributed by atoms with Crippen LogP contribution in [0.5, 0.6) is 0 Å². The summed E-state index contributed by atoms with van der Waals surface area (Å²) in [7, 11) is -3.77. The number of nitrogens with zero attached hydrogens (tertiary/aromatic N) is 2. The fourth-order valence-corrected chi connectivity index (χ4v) is 4.21. The van der Waals surface area contributed by atoms with Gasteiger partial charge < -0.3 is 5.32 Å². The first kappa shape index (κ1) is 19.6. The van der Waals surface area contributed by atoms with E-state index in [1.54, 1.807) is 6.08 Å². The smallest absolute Gasteiger partial charge is 0.264 e. The molecular formula is C19H13ClN4O3S2. The highest BCUT2D eigenvalue weighted by molar-refractivity contribution is 8.18. The van der Waals surface area contributed by atoms with Crippen LogP contribution in [0, 0.1) is 0 Å². The minimum absolute atomic E-state index is 0.0106. The summed E-state index contributed by atoms with van der Waals surface area (Å²) in [5.41, 5.74) is 1.88. The number of fused-ring (bicyclic) bond motifs is 1. The molecule has 10 heteroatoms. The molecule has 0 radical (unpaired) electrons. The van der Waals surface area contributed by atoms with Gasteiger partial charge in [0.25, 0.3) is 5.91 Å². The van der Waals surface area contributed by atoms with Crippen molar-refractivity contribution >= 4 is 67.1 Å². The monoisotopic (exact) mass is 444 g/mol. The van der Waals surface area contributed by atoms with Gasteiger partial charge in [-0.3, -0.25) is 4.79 Å². The van der Waals surface area contributed by atoms with Crippen LogP contribution < -0.4 is 10.5 Å². The first-order valence-electron chi connectivity index (χ1n) is 8.27. The first-order valence-corrected chi connectivity index (χ1v) is 11.0. The molecule has 2 aromatic carbocycles. The number of carbonyl (C=O) groups excluding carboxylic acids is 1. The summed E-state index contributed by atoms with van der Waals surface area (Å²) in [4.78, 5) is 21.4. The Labute approximate surface area is 175 Å². The van der Waals surface area contributed by atoms with Gasteiger partial charge in [0.05, 0.1) is 21.0 Å². The topological polar surface area (TPSA) is 115 Å². The number of nitrogens with two attached hydrogens (primary N) is 1. The predicted octanol–water partition coefficient (Wildman–Crippen LogP) is 3.43. The van der Waals surface area contributed by atoms with E-state index in [4.69, 9.17) is 16.7 Å². The van der Waals surface area contributed by atoms with Crippen LogP contribution in [-0.4, -0.2) is 24.5 Å². The van der Waals surface area contributed by atoms with E-state index in [1.165, 1.54) is 24.3 Å². The summed E-state index contributed by atoms with van der Waals surface area (Å²) in [5.74, 6) is -0.306. The minimum atomic E-state index is -3.77.